The largest absolute Gasteiger partial charge is 0.339 e. The normalized spacial score (nSPS) is 29.5. The fourth-order valence-electron chi connectivity index (χ4n) is 5.09. The monoisotopic (exact) mass is 315 g/mol. The molecule has 0 radical (unpaired) electrons. The number of hydrogen-bond donors (Lipinski definition) is 0. The third kappa shape index (κ3) is 2.49. The average molecular weight is 315 g/mol. The molecule has 124 valence electrons. The molecule has 2 nitrogen and oxygen atoms in total. The Labute approximate surface area is 138 Å². The molecule has 0 spiro atoms. The Bertz CT molecular complexity index is 593. The second kappa shape index (κ2) is 5.92. The topological polar surface area (TPSA) is 20.3 Å². The van der Waals surface area contributed by atoms with Crippen LogP contribution >= 0.6 is 0 Å². The number of halogens is 1. The van der Waals surface area contributed by atoms with E-state index >= 15 is 0 Å². The number of likely N-dealkylation sites (tertiary alicyclic amines) is 1. The van der Waals surface area contributed by atoms with Gasteiger partial charge >= 0.3 is 0 Å². The van der Waals surface area contributed by atoms with Gasteiger partial charge in [0, 0.05) is 12.6 Å². The second-order valence-corrected chi connectivity index (χ2v) is 7.70. The molecule has 2 atom stereocenters. The van der Waals surface area contributed by atoms with Crippen molar-refractivity contribution in [3.8, 4) is 0 Å². The third-order valence-electron chi connectivity index (χ3n) is 6.50. The maximum absolute atomic E-state index is 13.7. The van der Waals surface area contributed by atoms with Crippen LogP contribution in [0.25, 0.3) is 0 Å². The number of benzene rings is 1. The summed E-state index contributed by atoms with van der Waals surface area (Å²) in [4.78, 5) is 15.7. The predicted molar refractivity (Wildman–Crippen MR) is 88.6 cm³/mol. The summed E-state index contributed by atoms with van der Waals surface area (Å²) >= 11 is 0. The lowest BCUT2D eigenvalue weighted by atomic mass is 9.62. The Morgan fingerprint density at radius 2 is 1.87 bits per heavy atom. The lowest BCUT2D eigenvalue weighted by molar-refractivity contribution is -0.147. The Balaban J connectivity index is 1.63. The van der Waals surface area contributed by atoms with E-state index in [0.717, 1.165) is 44.2 Å². The van der Waals surface area contributed by atoms with E-state index in [1.807, 2.05) is 6.07 Å². The summed E-state index contributed by atoms with van der Waals surface area (Å²) in [6.45, 7) is 0.900. The van der Waals surface area contributed by atoms with Gasteiger partial charge in [-0.15, -0.1) is 0 Å². The summed E-state index contributed by atoms with van der Waals surface area (Å²) < 4.78 is 13.7. The first kappa shape index (κ1) is 15.2. The van der Waals surface area contributed by atoms with Gasteiger partial charge < -0.3 is 4.90 Å². The highest BCUT2D eigenvalue weighted by Crippen LogP contribution is 2.47. The van der Waals surface area contributed by atoms with E-state index in [0.29, 0.717) is 12.0 Å². The molecule has 3 aliphatic rings. The van der Waals surface area contributed by atoms with E-state index in [2.05, 4.69) is 4.90 Å². The number of carbonyl (C=O) groups excluding carboxylic acids is 1. The smallest absolute Gasteiger partial charge is 0.233 e. The fraction of sp³-hybridized carbons (Fsp3) is 0.650. The van der Waals surface area contributed by atoms with Crippen molar-refractivity contribution in [1.29, 1.82) is 0 Å². The molecular weight excluding hydrogens is 289 g/mol. The van der Waals surface area contributed by atoms with Crippen LogP contribution in [0, 0.1) is 11.7 Å². The summed E-state index contributed by atoms with van der Waals surface area (Å²) in [5.74, 6) is 0.757. The first-order valence-electron chi connectivity index (χ1n) is 9.28. The van der Waals surface area contributed by atoms with E-state index in [4.69, 9.17) is 0 Å². The van der Waals surface area contributed by atoms with Crippen LogP contribution in [0.3, 0.4) is 0 Å². The zero-order valence-electron chi connectivity index (χ0n) is 13.8. The molecule has 3 heteroatoms. The van der Waals surface area contributed by atoms with Gasteiger partial charge in [0.1, 0.15) is 5.82 Å². The molecule has 2 saturated carbocycles. The van der Waals surface area contributed by atoms with Gasteiger partial charge in [0.15, 0.2) is 0 Å². The number of amides is 1. The highest BCUT2D eigenvalue weighted by Gasteiger charge is 2.50. The van der Waals surface area contributed by atoms with Crippen molar-refractivity contribution < 1.29 is 9.18 Å². The summed E-state index contributed by atoms with van der Waals surface area (Å²) in [5.41, 5.74) is 0.452. The maximum atomic E-state index is 13.7. The van der Waals surface area contributed by atoms with Crippen molar-refractivity contribution >= 4 is 5.91 Å². The van der Waals surface area contributed by atoms with E-state index in [-0.39, 0.29) is 11.7 Å². The standard InChI is InChI=1S/C20H26FNO/c21-17-9-3-8-16(14-17)20(11-5-12-20)19(23)22-13-4-7-15-6-1-2-10-18(15)22/h3,8-9,14-15,18H,1-2,4-7,10-13H2. The summed E-state index contributed by atoms with van der Waals surface area (Å²) in [6.07, 6.45) is 10.2. The number of piperidine rings is 1. The van der Waals surface area contributed by atoms with Crippen LogP contribution in [0.15, 0.2) is 24.3 Å². The lowest BCUT2D eigenvalue weighted by Gasteiger charge is -2.50. The molecule has 1 aliphatic heterocycles. The van der Waals surface area contributed by atoms with Gasteiger partial charge in [-0.05, 0) is 62.1 Å². The SMILES string of the molecule is O=C(N1CCCC2CCCCC21)C1(c2cccc(F)c2)CCC1. The van der Waals surface area contributed by atoms with Crippen LogP contribution in [-0.4, -0.2) is 23.4 Å². The molecule has 1 aromatic carbocycles. The first-order chi connectivity index (χ1) is 11.2. The minimum absolute atomic E-state index is 0.226. The number of carbonyl (C=O) groups is 1. The van der Waals surface area contributed by atoms with Crippen molar-refractivity contribution in [1.82, 2.24) is 4.90 Å². The second-order valence-electron chi connectivity index (χ2n) is 7.70. The van der Waals surface area contributed by atoms with E-state index < -0.39 is 5.41 Å². The third-order valence-corrected chi connectivity index (χ3v) is 6.50. The highest BCUT2D eigenvalue weighted by molar-refractivity contribution is 5.89. The first-order valence-corrected chi connectivity index (χ1v) is 9.28. The molecule has 0 aromatic heterocycles. The Hall–Kier alpha value is -1.38. The van der Waals surface area contributed by atoms with Gasteiger partial charge in [-0.3, -0.25) is 4.79 Å². The Morgan fingerprint density at radius 1 is 1.09 bits per heavy atom. The molecule has 1 amide bonds. The predicted octanol–water partition coefficient (Wildman–Crippen LogP) is 4.43. The summed E-state index contributed by atoms with van der Waals surface area (Å²) in [5, 5.41) is 0. The average Bonchev–Trinajstić information content (AvgIpc) is 2.53. The number of rotatable bonds is 2. The zero-order valence-corrected chi connectivity index (χ0v) is 13.8. The molecule has 4 rings (SSSR count). The molecule has 1 saturated heterocycles. The van der Waals surface area contributed by atoms with Crippen molar-refractivity contribution in [3.05, 3.63) is 35.6 Å². The summed E-state index contributed by atoms with van der Waals surface area (Å²) in [7, 11) is 0. The van der Waals surface area contributed by atoms with E-state index in [1.54, 1.807) is 12.1 Å². The quantitative estimate of drug-likeness (QED) is 0.790. The van der Waals surface area contributed by atoms with Crippen LogP contribution in [-0.2, 0) is 10.2 Å². The van der Waals surface area contributed by atoms with Gasteiger partial charge in [-0.25, -0.2) is 4.39 Å². The molecule has 1 heterocycles. The Kier molecular flexibility index (Phi) is 3.90. The zero-order chi connectivity index (χ0) is 15.9. The molecule has 3 fully saturated rings. The molecular formula is C20H26FNO. The number of fused-ring (bicyclic) bond motifs is 1. The molecule has 2 unspecified atom stereocenters. The molecule has 0 N–H and O–H groups in total. The molecule has 0 bridgehead atoms. The van der Waals surface area contributed by atoms with Crippen LogP contribution in [0.1, 0.15) is 63.4 Å². The highest BCUT2D eigenvalue weighted by atomic mass is 19.1. The number of nitrogens with zero attached hydrogens (tertiary/aromatic N) is 1. The Morgan fingerprint density at radius 3 is 2.61 bits per heavy atom. The lowest BCUT2D eigenvalue weighted by Crippen LogP contribution is -2.58. The van der Waals surface area contributed by atoms with Gasteiger partial charge in [0.25, 0.3) is 0 Å². The van der Waals surface area contributed by atoms with Gasteiger partial charge in [-0.1, -0.05) is 31.4 Å². The fourth-order valence-corrected chi connectivity index (χ4v) is 5.09. The van der Waals surface area contributed by atoms with Crippen molar-refractivity contribution in [3.63, 3.8) is 0 Å². The molecule has 23 heavy (non-hydrogen) atoms. The number of hydrogen-bond acceptors (Lipinski definition) is 1. The molecule has 1 aromatic rings. The van der Waals surface area contributed by atoms with Gasteiger partial charge in [0.2, 0.25) is 5.91 Å². The maximum Gasteiger partial charge on any atom is 0.233 e. The van der Waals surface area contributed by atoms with Crippen LogP contribution in [0.2, 0.25) is 0 Å². The molecule has 2 aliphatic carbocycles. The van der Waals surface area contributed by atoms with Crippen molar-refractivity contribution in [2.24, 2.45) is 5.92 Å². The van der Waals surface area contributed by atoms with E-state index in [1.165, 1.54) is 31.7 Å². The van der Waals surface area contributed by atoms with Gasteiger partial charge in [0.05, 0.1) is 5.41 Å². The summed E-state index contributed by atoms with van der Waals surface area (Å²) in [6, 6.07) is 7.19. The van der Waals surface area contributed by atoms with Gasteiger partial charge in [-0.2, -0.15) is 0 Å². The minimum atomic E-state index is -0.443. The van der Waals surface area contributed by atoms with Crippen molar-refractivity contribution in [2.75, 3.05) is 6.54 Å². The van der Waals surface area contributed by atoms with Crippen LogP contribution < -0.4 is 0 Å². The minimum Gasteiger partial charge on any atom is -0.339 e. The van der Waals surface area contributed by atoms with E-state index in [9.17, 15) is 9.18 Å². The van der Waals surface area contributed by atoms with Crippen LogP contribution in [0.5, 0.6) is 0 Å². The van der Waals surface area contributed by atoms with Crippen LogP contribution in [0.4, 0.5) is 4.39 Å². The van der Waals surface area contributed by atoms with Crippen molar-refractivity contribution in [2.45, 2.75) is 69.2 Å².